The van der Waals surface area contributed by atoms with Gasteiger partial charge < -0.3 is 19.9 Å². The van der Waals surface area contributed by atoms with Crippen LogP contribution < -0.4 is 5.32 Å². The number of nitrogens with one attached hydrogen (secondary N) is 1. The molecule has 0 aliphatic rings. The predicted molar refractivity (Wildman–Crippen MR) is 81.0 cm³/mol. The van der Waals surface area contributed by atoms with Crippen LogP contribution in [0.4, 0.5) is 0 Å². The van der Waals surface area contributed by atoms with Crippen LogP contribution in [-0.4, -0.2) is 42.3 Å². The number of aliphatic hydroxyl groups excluding tert-OH is 1. The molecule has 1 amide bonds. The van der Waals surface area contributed by atoms with Crippen LogP contribution in [0.15, 0.2) is 30.3 Å². The molecule has 0 heterocycles. The van der Waals surface area contributed by atoms with Crippen molar-refractivity contribution in [2.75, 3.05) is 13.2 Å². The summed E-state index contributed by atoms with van der Waals surface area (Å²) in [4.78, 5) is 22.6. The molecule has 0 fully saturated rings. The van der Waals surface area contributed by atoms with Gasteiger partial charge in [-0.2, -0.15) is 0 Å². The molecule has 6 heteroatoms. The normalized spacial score (nSPS) is 13.2. The van der Waals surface area contributed by atoms with Crippen molar-refractivity contribution in [2.24, 2.45) is 0 Å². The van der Waals surface area contributed by atoms with Gasteiger partial charge in [-0.1, -0.05) is 30.3 Å². The zero-order valence-corrected chi connectivity index (χ0v) is 13.0. The summed E-state index contributed by atoms with van der Waals surface area (Å²) >= 11 is 0. The molecule has 122 valence electrons. The maximum absolute atomic E-state index is 11.4. The van der Waals surface area contributed by atoms with Crippen molar-refractivity contribution in [2.45, 2.75) is 39.0 Å². The van der Waals surface area contributed by atoms with E-state index >= 15 is 0 Å². The summed E-state index contributed by atoms with van der Waals surface area (Å²) in [6, 6.07) is 9.22. The lowest BCUT2D eigenvalue weighted by molar-refractivity contribution is -0.147. The highest BCUT2D eigenvalue weighted by Crippen LogP contribution is 2.02. The van der Waals surface area contributed by atoms with Crippen molar-refractivity contribution >= 4 is 11.9 Å². The van der Waals surface area contributed by atoms with Gasteiger partial charge in [0, 0.05) is 6.92 Å². The van der Waals surface area contributed by atoms with Crippen LogP contribution in [0.1, 0.15) is 25.8 Å². The Kier molecular flexibility index (Phi) is 8.17. The van der Waals surface area contributed by atoms with Crippen molar-refractivity contribution in [3.8, 4) is 0 Å². The lowest BCUT2D eigenvalue weighted by atomic mass is 10.2. The number of aliphatic hydroxyl groups is 1. The Labute approximate surface area is 130 Å². The first-order chi connectivity index (χ1) is 10.5. The first kappa shape index (κ1) is 18.1. The lowest BCUT2D eigenvalue weighted by Gasteiger charge is -2.18. The maximum Gasteiger partial charge on any atom is 0.308 e. The molecule has 0 radical (unpaired) electrons. The van der Waals surface area contributed by atoms with Gasteiger partial charge in [0.2, 0.25) is 5.91 Å². The van der Waals surface area contributed by atoms with Gasteiger partial charge in [0.25, 0.3) is 0 Å². The first-order valence-corrected chi connectivity index (χ1v) is 7.20. The average molecular weight is 309 g/mol. The number of hydrogen-bond donors (Lipinski definition) is 2. The van der Waals surface area contributed by atoms with Crippen LogP contribution in [-0.2, 0) is 25.7 Å². The number of rotatable bonds is 9. The molecule has 1 aromatic rings. The van der Waals surface area contributed by atoms with Crippen LogP contribution in [0, 0.1) is 0 Å². The Morgan fingerprint density at radius 2 is 1.91 bits per heavy atom. The largest absolute Gasteiger partial charge is 0.463 e. The fourth-order valence-electron chi connectivity index (χ4n) is 1.81. The van der Waals surface area contributed by atoms with Gasteiger partial charge in [-0.05, 0) is 12.5 Å². The monoisotopic (exact) mass is 309 g/mol. The Morgan fingerprint density at radius 1 is 1.23 bits per heavy atom. The topological polar surface area (TPSA) is 84.9 Å². The van der Waals surface area contributed by atoms with Crippen molar-refractivity contribution < 1.29 is 24.2 Å². The third-order valence-corrected chi connectivity index (χ3v) is 2.75. The van der Waals surface area contributed by atoms with Crippen LogP contribution in [0.5, 0.6) is 0 Å². The average Bonchev–Trinajstić information content (AvgIpc) is 2.44. The van der Waals surface area contributed by atoms with E-state index in [4.69, 9.17) is 14.6 Å². The molecule has 0 unspecified atom stereocenters. The molecule has 0 saturated heterocycles. The standard InChI is InChI=1S/C16H23NO5/c1-12(18)8-16(20)22-11-15(17-13(2)19)10-21-9-14-6-4-3-5-7-14/h3-7,12,15,18H,8-11H2,1-2H3,(H,17,19)/t12-,15-/m1/s1. The molecule has 0 spiro atoms. The Bertz CT molecular complexity index is 461. The number of benzene rings is 1. The smallest absolute Gasteiger partial charge is 0.308 e. The first-order valence-electron chi connectivity index (χ1n) is 7.20. The molecule has 6 nitrogen and oxygen atoms in total. The van der Waals surface area contributed by atoms with Crippen molar-refractivity contribution in [3.05, 3.63) is 35.9 Å². The van der Waals surface area contributed by atoms with E-state index in [9.17, 15) is 9.59 Å². The SMILES string of the molecule is CC(=O)N[C@H](COCc1ccccc1)COC(=O)C[C@@H](C)O. The zero-order valence-electron chi connectivity index (χ0n) is 13.0. The summed E-state index contributed by atoms with van der Waals surface area (Å²) in [7, 11) is 0. The third-order valence-electron chi connectivity index (χ3n) is 2.75. The van der Waals surface area contributed by atoms with Gasteiger partial charge in [0.15, 0.2) is 0 Å². The molecule has 0 aliphatic carbocycles. The van der Waals surface area contributed by atoms with Gasteiger partial charge in [0.1, 0.15) is 6.61 Å². The number of amides is 1. The van der Waals surface area contributed by atoms with Crippen molar-refractivity contribution in [1.29, 1.82) is 0 Å². The van der Waals surface area contributed by atoms with Gasteiger partial charge in [0.05, 0.1) is 31.8 Å². The van der Waals surface area contributed by atoms with E-state index in [1.54, 1.807) is 0 Å². The molecule has 0 saturated carbocycles. The Hall–Kier alpha value is -1.92. The Balaban J connectivity index is 2.36. The van der Waals surface area contributed by atoms with E-state index in [1.807, 2.05) is 30.3 Å². The third kappa shape index (κ3) is 8.39. The molecular formula is C16H23NO5. The van der Waals surface area contributed by atoms with Crippen LogP contribution in [0.3, 0.4) is 0 Å². The zero-order chi connectivity index (χ0) is 16.4. The number of hydrogen-bond acceptors (Lipinski definition) is 5. The van der Waals surface area contributed by atoms with E-state index in [-0.39, 0.29) is 25.5 Å². The second kappa shape index (κ2) is 9.92. The van der Waals surface area contributed by atoms with Crippen LogP contribution in [0.2, 0.25) is 0 Å². The summed E-state index contributed by atoms with van der Waals surface area (Å²) in [5.41, 5.74) is 1.02. The van der Waals surface area contributed by atoms with E-state index in [0.717, 1.165) is 5.56 Å². The summed E-state index contributed by atoms with van der Waals surface area (Å²) < 4.78 is 10.6. The minimum absolute atomic E-state index is 0.0138. The fraction of sp³-hybridized carbons (Fsp3) is 0.500. The van der Waals surface area contributed by atoms with Gasteiger partial charge >= 0.3 is 5.97 Å². The molecule has 22 heavy (non-hydrogen) atoms. The number of ether oxygens (including phenoxy) is 2. The minimum atomic E-state index is -0.749. The highest BCUT2D eigenvalue weighted by molar-refractivity contribution is 5.73. The second-order valence-corrected chi connectivity index (χ2v) is 5.13. The molecule has 0 bridgehead atoms. The lowest BCUT2D eigenvalue weighted by Crippen LogP contribution is -2.41. The molecule has 2 N–H and O–H groups in total. The highest BCUT2D eigenvalue weighted by atomic mass is 16.5. The van der Waals surface area contributed by atoms with Crippen molar-refractivity contribution in [3.63, 3.8) is 0 Å². The summed E-state index contributed by atoms with van der Waals surface area (Å²) in [6.07, 6.45) is -0.821. The number of esters is 1. The predicted octanol–water partition coefficient (Wildman–Crippen LogP) is 1.02. The number of carbonyl (C=O) groups is 2. The molecule has 0 aliphatic heterocycles. The summed E-state index contributed by atoms with van der Waals surface area (Å²) in [5, 5.41) is 11.8. The van der Waals surface area contributed by atoms with Gasteiger partial charge in [-0.3, -0.25) is 9.59 Å². The van der Waals surface area contributed by atoms with Crippen molar-refractivity contribution in [1.82, 2.24) is 5.32 Å². The molecular weight excluding hydrogens is 286 g/mol. The maximum atomic E-state index is 11.4. The minimum Gasteiger partial charge on any atom is -0.463 e. The van der Waals surface area contributed by atoms with Gasteiger partial charge in [-0.15, -0.1) is 0 Å². The summed E-state index contributed by atoms with van der Waals surface area (Å²) in [5.74, 6) is -0.728. The van der Waals surface area contributed by atoms with E-state index in [0.29, 0.717) is 6.61 Å². The van der Waals surface area contributed by atoms with Crippen LogP contribution >= 0.6 is 0 Å². The van der Waals surface area contributed by atoms with E-state index < -0.39 is 18.1 Å². The van der Waals surface area contributed by atoms with Crippen LogP contribution in [0.25, 0.3) is 0 Å². The molecule has 1 aromatic carbocycles. The molecule has 2 atom stereocenters. The molecule has 1 rings (SSSR count). The summed E-state index contributed by atoms with van der Waals surface area (Å²) in [6.45, 7) is 3.56. The molecule has 0 aromatic heterocycles. The van der Waals surface area contributed by atoms with Gasteiger partial charge in [-0.25, -0.2) is 0 Å². The number of carbonyl (C=O) groups excluding carboxylic acids is 2. The highest BCUT2D eigenvalue weighted by Gasteiger charge is 2.14. The quantitative estimate of drug-likeness (QED) is 0.665. The van der Waals surface area contributed by atoms with E-state index in [2.05, 4.69) is 5.32 Å². The Morgan fingerprint density at radius 3 is 2.50 bits per heavy atom. The second-order valence-electron chi connectivity index (χ2n) is 5.13. The fourth-order valence-corrected chi connectivity index (χ4v) is 1.81. The van der Waals surface area contributed by atoms with E-state index in [1.165, 1.54) is 13.8 Å².